The minimum absolute atomic E-state index is 0.301. The number of anilines is 1. The van der Waals surface area contributed by atoms with Crippen molar-refractivity contribution in [3.05, 3.63) is 23.9 Å². The van der Waals surface area contributed by atoms with Crippen LogP contribution in [0.3, 0.4) is 0 Å². The van der Waals surface area contributed by atoms with E-state index in [1.54, 1.807) is 6.20 Å². The third-order valence-electron chi connectivity index (χ3n) is 3.88. The van der Waals surface area contributed by atoms with Gasteiger partial charge in [-0.1, -0.05) is 19.4 Å². The molecule has 0 aliphatic carbocycles. The fourth-order valence-corrected chi connectivity index (χ4v) is 3.03. The van der Waals surface area contributed by atoms with Gasteiger partial charge in [0.2, 0.25) is 10.0 Å². The van der Waals surface area contributed by atoms with Gasteiger partial charge in [-0.15, -0.1) is 0 Å². The highest BCUT2D eigenvalue weighted by molar-refractivity contribution is 7.88. The Labute approximate surface area is 121 Å². The third kappa shape index (κ3) is 4.18. The Morgan fingerprint density at radius 2 is 2.10 bits per heavy atom. The molecule has 0 radical (unpaired) electrons. The SMILES string of the molecule is CCC1CCN(c2ncccc2CNS(C)(=O)=O)CC1. The Morgan fingerprint density at radius 1 is 1.40 bits per heavy atom. The van der Waals surface area contributed by atoms with Crippen LogP contribution >= 0.6 is 0 Å². The zero-order valence-electron chi connectivity index (χ0n) is 12.2. The molecule has 0 saturated carbocycles. The summed E-state index contributed by atoms with van der Waals surface area (Å²) >= 11 is 0. The van der Waals surface area contributed by atoms with Gasteiger partial charge in [-0.05, 0) is 24.8 Å². The normalized spacial score (nSPS) is 17.4. The number of nitrogens with one attached hydrogen (secondary N) is 1. The molecule has 20 heavy (non-hydrogen) atoms. The molecule has 1 aliphatic heterocycles. The van der Waals surface area contributed by atoms with E-state index in [0.29, 0.717) is 6.54 Å². The number of hydrogen-bond acceptors (Lipinski definition) is 4. The molecule has 2 heterocycles. The van der Waals surface area contributed by atoms with Gasteiger partial charge in [-0.3, -0.25) is 0 Å². The Balaban J connectivity index is 2.08. The van der Waals surface area contributed by atoms with Gasteiger partial charge >= 0.3 is 0 Å². The molecule has 112 valence electrons. The van der Waals surface area contributed by atoms with Crippen LogP contribution in [0.2, 0.25) is 0 Å². The van der Waals surface area contributed by atoms with Crippen molar-refractivity contribution in [3.8, 4) is 0 Å². The van der Waals surface area contributed by atoms with E-state index in [2.05, 4.69) is 21.5 Å². The lowest BCUT2D eigenvalue weighted by Crippen LogP contribution is -2.35. The van der Waals surface area contributed by atoms with E-state index in [4.69, 9.17) is 0 Å². The predicted octanol–water partition coefficient (Wildman–Crippen LogP) is 1.76. The zero-order chi connectivity index (χ0) is 14.6. The quantitative estimate of drug-likeness (QED) is 0.899. The van der Waals surface area contributed by atoms with Gasteiger partial charge in [0.25, 0.3) is 0 Å². The van der Waals surface area contributed by atoms with Crippen LogP contribution in [-0.4, -0.2) is 32.7 Å². The van der Waals surface area contributed by atoms with E-state index in [1.807, 2.05) is 12.1 Å². The van der Waals surface area contributed by atoms with Gasteiger partial charge in [-0.2, -0.15) is 0 Å². The number of piperidine rings is 1. The summed E-state index contributed by atoms with van der Waals surface area (Å²) in [5.41, 5.74) is 0.938. The van der Waals surface area contributed by atoms with E-state index in [-0.39, 0.29) is 0 Å². The van der Waals surface area contributed by atoms with Crippen molar-refractivity contribution >= 4 is 15.8 Å². The average Bonchev–Trinajstić information content (AvgIpc) is 2.45. The van der Waals surface area contributed by atoms with Gasteiger partial charge in [0, 0.05) is 31.4 Å². The van der Waals surface area contributed by atoms with E-state index in [1.165, 1.54) is 25.5 Å². The smallest absolute Gasteiger partial charge is 0.209 e. The molecule has 1 aromatic heterocycles. The number of pyridine rings is 1. The molecule has 0 atom stereocenters. The number of nitrogens with zero attached hydrogens (tertiary/aromatic N) is 2. The molecule has 6 heteroatoms. The highest BCUT2D eigenvalue weighted by atomic mass is 32.2. The predicted molar refractivity (Wildman–Crippen MR) is 81.1 cm³/mol. The van der Waals surface area contributed by atoms with Crippen LogP contribution in [0.25, 0.3) is 0 Å². The topological polar surface area (TPSA) is 62.3 Å². The average molecular weight is 297 g/mol. The van der Waals surface area contributed by atoms with Crippen LogP contribution < -0.4 is 9.62 Å². The molecule has 1 aliphatic rings. The van der Waals surface area contributed by atoms with Crippen LogP contribution in [0.15, 0.2) is 18.3 Å². The van der Waals surface area contributed by atoms with E-state index < -0.39 is 10.0 Å². The van der Waals surface area contributed by atoms with Crippen LogP contribution in [0.1, 0.15) is 31.7 Å². The van der Waals surface area contributed by atoms with Gasteiger partial charge < -0.3 is 4.90 Å². The Kier molecular flexibility index (Phi) is 4.99. The fourth-order valence-electron chi connectivity index (χ4n) is 2.61. The molecule has 5 nitrogen and oxygen atoms in total. The van der Waals surface area contributed by atoms with Crippen LogP contribution in [0, 0.1) is 5.92 Å². The summed E-state index contributed by atoms with van der Waals surface area (Å²) in [6, 6.07) is 3.79. The van der Waals surface area contributed by atoms with Crippen LogP contribution in [0.4, 0.5) is 5.82 Å². The van der Waals surface area contributed by atoms with Gasteiger partial charge in [0.15, 0.2) is 0 Å². The highest BCUT2D eigenvalue weighted by Gasteiger charge is 2.20. The van der Waals surface area contributed by atoms with Crippen molar-refractivity contribution in [1.29, 1.82) is 0 Å². The molecule has 1 fully saturated rings. The fraction of sp³-hybridized carbons (Fsp3) is 0.643. The number of aromatic nitrogens is 1. The number of hydrogen-bond donors (Lipinski definition) is 1. The maximum atomic E-state index is 11.2. The highest BCUT2D eigenvalue weighted by Crippen LogP contribution is 2.25. The summed E-state index contributed by atoms with van der Waals surface area (Å²) in [6.07, 6.45) is 6.55. The maximum absolute atomic E-state index is 11.2. The Morgan fingerprint density at radius 3 is 2.70 bits per heavy atom. The molecule has 0 unspecified atom stereocenters. The minimum Gasteiger partial charge on any atom is -0.356 e. The molecule has 0 amide bonds. The molecule has 0 aromatic carbocycles. The third-order valence-corrected chi connectivity index (χ3v) is 4.55. The second-order valence-corrected chi connectivity index (χ2v) is 7.25. The first-order valence-corrected chi connectivity index (χ1v) is 9.02. The molecule has 0 bridgehead atoms. The van der Waals surface area contributed by atoms with Gasteiger partial charge in [-0.25, -0.2) is 18.1 Å². The lowest BCUT2D eigenvalue weighted by atomic mass is 9.94. The zero-order valence-corrected chi connectivity index (χ0v) is 13.0. The van der Waals surface area contributed by atoms with E-state index in [9.17, 15) is 8.42 Å². The van der Waals surface area contributed by atoms with Crippen LogP contribution in [-0.2, 0) is 16.6 Å². The number of sulfonamides is 1. The number of rotatable bonds is 5. The van der Waals surface area contributed by atoms with Gasteiger partial charge in [0.05, 0.1) is 6.26 Å². The lowest BCUT2D eigenvalue weighted by Gasteiger charge is -2.33. The standard InChI is InChI=1S/C14H23N3O2S/c1-3-12-6-9-17(10-7-12)14-13(5-4-8-15-14)11-16-20(2,18)19/h4-5,8,12,16H,3,6-7,9-11H2,1-2H3. The molecule has 1 N–H and O–H groups in total. The van der Waals surface area contributed by atoms with Crippen molar-refractivity contribution in [3.63, 3.8) is 0 Å². The summed E-state index contributed by atoms with van der Waals surface area (Å²) in [4.78, 5) is 6.71. The van der Waals surface area contributed by atoms with Crippen molar-refractivity contribution in [1.82, 2.24) is 9.71 Å². The molecule has 2 rings (SSSR count). The first-order valence-electron chi connectivity index (χ1n) is 7.13. The lowest BCUT2D eigenvalue weighted by molar-refractivity contribution is 0.393. The van der Waals surface area contributed by atoms with Crippen molar-refractivity contribution in [2.75, 3.05) is 24.2 Å². The largest absolute Gasteiger partial charge is 0.356 e. The first kappa shape index (κ1) is 15.3. The summed E-state index contributed by atoms with van der Waals surface area (Å²) in [5.74, 6) is 1.73. The molecular formula is C14H23N3O2S. The second-order valence-electron chi connectivity index (χ2n) is 5.42. The summed E-state index contributed by atoms with van der Waals surface area (Å²) < 4.78 is 25.0. The van der Waals surface area contributed by atoms with Crippen LogP contribution in [0.5, 0.6) is 0 Å². The van der Waals surface area contributed by atoms with Crippen molar-refractivity contribution in [2.24, 2.45) is 5.92 Å². The van der Waals surface area contributed by atoms with Gasteiger partial charge in [0.1, 0.15) is 5.82 Å². The van der Waals surface area contributed by atoms with Crippen molar-refractivity contribution in [2.45, 2.75) is 32.7 Å². The summed E-state index contributed by atoms with van der Waals surface area (Å²) in [7, 11) is -3.18. The van der Waals surface area contributed by atoms with E-state index in [0.717, 1.165) is 30.4 Å². The maximum Gasteiger partial charge on any atom is 0.209 e. The Hall–Kier alpha value is -1.14. The summed E-state index contributed by atoms with van der Waals surface area (Å²) in [5, 5.41) is 0. The van der Waals surface area contributed by atoms with Crippen molar-refractivity contribution < 1.29 is 8.42 Å². The molecular weight excluding hydrogens is 274 g/mol. The minimum atomic E-state index is -3.18. The monoisotopic (exact) mass is 297 g/mol. The molecule has 1 saturated heterocycles. The first-order chi connectivity index (χ1) is 9.49. The second kappa shape index (κ2) is 6.54. The van der Waals surface area contributed by atoms with E-state index >= 15 is 0 Å². The molecule has 0 spiro atoms. The summed E-state index contributed by atoms with van der Waals surface area (Å²) in [6.45, 7) is 4.54. The Bertz CT molecular complexity index is 537. The molecule has 1 aromatic rings.